The van der Waals surface area contributed by atoms with Crippen molar-refractivity contribution in [1.82, 2.24) is 0 Å². The van der Waals surface area contributed by atoms with Crippen LogP contribution in [0.3, 0.4) is 0 Å². The van der Waals surface area contributed by atoms with Gasteiger partial charge < -0.3 is 9.84 Å². The number of hydrogen-bond acceptors (Lipinski definition) is 2. The van der Waals surface area contributed by atoms with Crippen LogP contribution in [0.2, 0.25) is 0 Å². The molecule has 0 amide bonds. The molecular formula is C9H11FO2. The third-order valence-corrected chi connectivity index (χ3v) is 1.38. The fourth-order valence-electron chi connectivity index (χ4n) is 0.785. The second-order valence-electron chi connectivity index (χ2n) is 2.38. The van der Waals surface area contributed by atoms with Gasteiger partial charge in [0.25, 0.3) is 0 Å². The topological polar surface area (TPSA) is 29.5 Å². The van der Waals surface area contributed by atoms with Crippen LogP contribution in [0.4, 0.5) is 4.39 Å². The summed E-state index contributed by atoms with van der Waals surface area (Å²) in [4.78, 5) is 0. The standard InChI is InChI=1S/C9H11FO2/c10-8-2-4-9(5-3-8)12-7-1-6-11/h2-5,11H,1,6-7H2. The molecule has 0 saturated carbocycles. The quantitative estimate of drug-likeness (QED) is 0.695. The minimum atomic E-state index is -0.274. The van der Waals surface area contributed by atoms with Crippen molar-refractivity contribution in [3.8, 4) is 5.75 Å². The van der Waals surface area contributed by atoms with Crippen molar-refractivity contribution < 1.29 is 14.2 Å². The van der Waals surface area contributed by atoms with E-state index in [0.29, 0.717) is 18.8 Å². The molecule has 0 heterocycles. The highest BCUT2D eigenvalue weighted by atomic mass is 19.1. The van der Waals surface area contributed by atoms with Gasteiger partial charge in [-0.25, -0.2) is 4.39 Å². The molecule has 0 atom stereocenters. The van der Waals surface area contributed by atoms with Crippen LogP contribution in [0.25, 0.3) is 0 Å². The van der Waals surface area contributed by atoms with Crippen LogP contribution in [0, 0.1) is 5.82 Å². The Hall–Kier alpha value is -1.09. The molecule has 0 saturated heterocycles. The first-order valence-corrected chi connectivity index (χ1v) is 3.82. The first-order valence-electron chi connectivity index (χ1n) is 3.82. The lowest BCUT2D eigenvalue weighted by atomic mass is 10.3. The van der Waals surface area contributed by atoms with Crippen molar-refractivity contribution in [2.45, 2.75) is 6.42 Å². The zero-order valence-corrected chi connectivity index (χ0v) is 6.66. The van der Waals surface area contributed by atoms with E-state index in [2.05, 4.69) is 0 Å². The predicted molar refractivity (Wildman–Crippen MR) is 43.6 cm³/mol. The minimum absolute atomic E-state index is 0.112. The summed E-state index contributed by atoms with van der Waals surface area (Å²) in [5.74, 6) is 0.356. The fourth-order valence-corrected chi connectivity index (χ4v) is 0.785. The lowest BCUT2D eigenvalue weighted by Crippen LogP contribution is -1.99. The highest BCUT2D eigenvalue weighted by molar-refractivity contribution is 5.21. The predicted octanol–water partition coefficient (Wildman–Crippen LogP) is 1.59. The maximum Gasteiger partial charge on any atom is 0.123 e. The molecule has 0 aliphatic rings. The molecule has 2 nitrogen and oxygen atoms in total. The van der Waals surface area contributed by atoms with Crippen LogP contribution in [-0.2, 0) is 0 Å². The first kappa shape index (κ1) is 9.00. The number of benzene rings is 1. The Morgan fingerprint density at radius 2 is 1.92 bits per heavy atom. The van der Waals surface area contributed by atoms with Gasteiger partial charge in [0.2, 0.25) is 0 Å². The summed E-state index contributed by atoms with van der Waals surface area (Å²) < 4.78 is 17.6. The Balaban J connectivity index is 2.37. The van der Waals surface area contributed by atoms with Crippen molar-refractivity contribution in [1.29, 1.82) is 0 Å². The summed E-state index contributed by atoms with van der Waals surface area (Å²) >= 11 is 0. The van der Waals surface area contributed by atoms with E-state index in [9.17, 15) is 4.39 Å². The Morgan fingerprint density at radius 3 is 2.50 bits per heavy atom. The summed E-state index contributed by atoms with van der Waals surface area (Å²) in [6, 6.07) is 5.81. The Labute approximate surface area is 70.6 Å². The molecule has 1 N–H and O–H groups in total. The maximum absolute atomic E-state index is 12.4. The van der Waals surface area contributed by atoms with Gasteiger partial charge in [-0.1, -0.05) is 0 Å². The normalized spacial score (nSPS) is 9.83. The van der Waals surface area contributed by atoms with Gasteiger partial charge in [-0.15, -0.1) is 0 Å². The molecule has 0 spiro atoms. The first-order chi connectivity index (χ1) is 5.83. The van der Waals surface area contributed by atoms with Crippen molar-refractivity contribution >= 4 is 0 Å². The number of halogens is 1. The molecule has 0 aliphatic heterocycles. The molecule has 66 valence electrons. The molecular weight excluding hydrogens is 159 g/mol. The van der Waals surface area contributed by atoms with Crippen LogP contribution in [0.1, 0.15) is 6.42 Å². The van der Waals surface area contributed by atoms with Gasteiger partial charge in [-0.3, -0.25) is 0 Å². The zero-order chi connectivity index (χ0) is 8.81. The molecule has 0 unspecified atom stereocenters. The second-order valence-corrected chi connectivity index (χ2v) is 2.38. The molecule has 0 fully saturated rings. The third kappa shape index (κ3) is 2.88. The molecule has 0 aliphatic carbocycles. The van der Waals surface area contributed by atoms with E-state index in [1.807, 2.05) is 0 Å². The van der Waals surface area contributed by atoms with Crippen LogP contribution < -0.4 is 4.74 Å². The van der Waals surface area contributed by atoms with Gasteiger partial charge in [0.05, 0.1) is 6.61 Å². The van der Waals surface area contributed by atoms with Crippen molar-refractivity contribution in [3.63, 3.8) is 0 Å². The largest absolute Gasteiger partial charge is 0.494 e. The number of aliphatic hydroxyl groups excluding tert-OH is 1. The fraction of sp³-hybridized carbons (Fsp3) is 0.333. The molecule has 0 aromatic heterocycles. The average molecular weight is 170 g/mol. The highest BCUT2D eigenvalue weighted by Crippen LogP contribution is 2.10. The maximum atomic E-state index is 12.4. The van der Waals surface area contributed by atoms with E-state index >= 15 is 0 Å². The molecule has 3 heteroatoms. The van der Waals surface area contributed by atoms with E-state index in [1.54, 1.807) is 12.1 Å². The van der Waals surface area contributed by atoms with Crippen LogP contribution in [-0.4, -0.2) is 18.3 Å². The molecule has 0 radical (unpaired) electrons. The number of aliphatic hydroxyl groups is 1. The van der Waals surface area contributed by atoms with Crippen LogP contribution in [0.5, 0.6) is 5.75 Å². The summed E-state index contributed by atoms with van der Waals surface area (Å²) in [5, 5.41) is 8.45. The lowest BCUT2D eigenvalue weighted by Gasteiger charge is -2.03. The van der Waals surface area contributed by atoms with E-state index in [0.717, 1.165) is 0 Å². The van der Waals surface area contributed by atoms with E-state index < -0.39 is 0 Å². The van der Waals surface area contributed by atoms with Crippen molar-refractivity contribution in [2.75, 3.05) is 13.2 Å². The summed E-state index contributed by atoms with van der Waals surface area (Å²) in [7, 11) is 0. The Kier molecular flexibility index (Phi) is 3.54. The number of rotatable bonds is 4. The van der Waals surface area contributed by atoms with Crippen LogP contribution in [0.15, 0.2) is 24.3 Å². The van der Waals surface area contributed by atoms with Gasteiger partial charge in [-0.2, -0.15) is 0 Å². The van der Waals surface area contributed by atoms with E-state index in [4.69, 9.17) is 9.84 Å². The lowest BCUT2D eigenvalue weighted by molar-refractivity contribution is 0.233. The summed E-state index contributed by atoms with van der Waals surface area (Å²) in [6.45, 7) is 0.573. The Morgan fingerprint density at radius 1 is 1.25 bits per heavy atom. The molecule has 1 aromatic carbocycles. The summed E-state index contributed by atoms with van der Waals surface area (Å²) in [6.07, 6.45) is 0.595. The Bertz CT molecular complexity index is 220. The van der Waals surface area contributed by atoms with Crippen molar-refractivity contribution in [3.05, 3.63) is 30.1 Å². The zero-order valence-electron chi connectivity index (χ0n) is 6.66. The van der Waals surface area contributed by atoms with E-state index in [1.165, 1.54) is 12.1 Å². The van der Waals surface area contributed by atoms with Crippen LogP contribution >= 0.6 is 0 Å². The molecule has 1 rings (SSSR count). The smallest absolute Gasteiger partial charge is 0.123 e. The number of hydrogen-bond donors (Lipinski definition) is 1. The average Bonchev–Trinajstić information content (AvgIpc) is 2.09. The van der Waals surface area contributed by atoms with Crippen molar-refractivity contribution in [2.24, 2.45) is 0 Å². The molecule has 1 aromatic rings. The van der Waals surface area contributed by atoms with Gasteiger partial charge in [0, 0.05) is 13.0 Å². The van der Waals surface area contributed by atoms with Gasteiger partial charge in [0.15, 0.2) is 0 Å². The second kappa shape index (κ2) is 4.72. The minimum Gasteiger partial charge on any atom is -0.494 e. The SMILES string of the molecule is OCCCOc1ccc(F)cc1. The van der Waals surface area contributed by atoms with Gasteiger partial charge >= 0.3 is 0 Å². The third-order valence-electron chi connectivity index (χ3n) is 1.38. The van der Waals surface area contributed by atoms with Gasteiger partial charge in [0.1, 0.15) is 11.6 Å². The number of ether oxygens (including phenoxy) is 1. The van der Waals surface area contributed by atoms with Gasteiger partial charge in [-0.05, 0) is 24.3 Å². The van der Waals surface area contributed by atoms with E-state index in [-0.39, 0.29) is 12.4 Å². The molecule has 12 heavy (non-hydrogen) atoms. The molecule has 0 bridgehead atoms. The summed E-state index contributed by atoms with van der Waals surface area (Å²) in [5.41, 5.74) is 0. The monoisotopic (exact) mass is 170 g/mol. The highest BCUT2D eigenvalue weighted by Gasteiger charge is 1.93.